The summed E-state index contributed by atoms with van der Waals surface area (Å²) in [6, 6.07) is 2.97. The van der Waals surface area contributed by atoms with E-state index in [0.717, 1.165) is 5.56 Å². The van der Waals surface area contributed by atoms with Crippen molar-refractivity contribution in [1.29, 1.82) is 0 Å². The summed E-state index contributed by atoms with van der Waals surface area (Å²) < 4.78 is 5.25. The molecule has 2 N–H and O–H groups in total. The van der Waals surface area contributed by atoms with Crippen LogP contribution in [0.25, 0.3) is 0 Å². The van der Waals surface area contributed by atoms with Gasteiger partial charge in [-0.1, -0.05) is 19.9 Å². The first kappa shape index (κ1) is 18.2. The van der Waals surface area contributed by atoms with Crippen LogP contribution in [0.2, 0.25) is 0 Å². The Morgan fingerprint density at radius 1 is 1.33 bits per heavy atom. The van der Waals surface area contributed by atoms with Crippen LogP contribution in [-0.4, -0.2) is 54.2 Å². The van der Waals surface area contributed by atoms with Gasteiger partial charge in [0.25, 0.3) is 0 Å². The molecule has 1 saturated heterocycles. The molecular formula is C17H26N4O3. The fourth-order valence-corrected chi connectivity index (χ4v) is 2.52. The van der Waals surface area contributed by atoms with Crippen molar-refractivity contribution >= 4 is 11.9 Å². The fraction of sp³-hybridized carbons (Fsp3) is 0.588. The van der Waals surface area contributed by atoms with E-state index in [-0.39, 0.29) is 11.9 Å². The van der Waals surface area contributed by atoms with E-state index in [0.29, 0.717) is 45.2 Å². The lowest BCUT2D eigenvalue weighted by atomic mass is 10.0. The predicted octanol–water partition coefficient (Wildman–Crippen LogP) is 1.15. The summed E-state index contributed by atoms with van der Waals surface area (Å²) in [5.74, 6) is 0.123. The van der Waals surface area contributed by atoms with Crippen molar-refractivity contribution in [2.24, 2.45) is 5.92 Å². The number of carbonyl (C=O) groups is 2. The van der Waals surface area contributed by atoms with Gasteiger partial charge in [-0.15, -0.1) is 0 Å². The van der Waals surface area contributed by atoms with Crippen molar-refractivity contribution in [1.82, 2.24) is 20.5 Å². The van der Waals surface area contributed by atoms with Crippen LogP contribution in [-0.2, 0) is 16.1 Å². The molecule has 132 valence electrons. The van der Waals surface area contributed by atoms with E-state index < -0.39 is 6.04 Å². The third-order valence-electron chi connectivity index (χ3n) is 3.81. The number of amides is 3. The van der Waals surface area contributed by atoms with Crippen molar-refractivity contribution in [3.63, 3.8) is 0 Å². The molecule has 1 aromatic heterocycles. The van der Waals surface area contributed by atoms with Crippen molar-refractivity contribution in [2.45, 2.75) is 32.9 Å². The van der Waals surface area contributed by atoms with Gasteiger partial charge in [-0.3, -0.25) is 9.78 Å². The molecule has 0 aromatic carbocycles. The van der Waals surface area contributed by atoms with E-state index >= 15 is 0 Å². The lowest BCUT2D eigenvalue weighted by Gasteiger charge is -2.29. The molecule has 0 radical (unpaired) electrons. The monoisotopic (exact) mass is 334 g/mol. The maximum Gasteiger partial charge on any atom is 0.318 e. The number of urea groups is 1. The van der Waals surface area contributed by atoms with Gasteiger partial charge >= 0.3 is 6.03 Å². The Morgan fingerprint density at radius 2 is 2.08 bits per heavy atom. The highest BCUT2D eigenvalue weighted by molar-refractivity contribution is 5.87. The van der Waals surface area contributed by atoms with Crippen molar-refractivity contribution in [3.05, 3.63) is 30.1 Å². The lowest BCUT2D eigenvalue weighted by molar-refractivity contribution is -0.123. The molecular weight excluding hydrogens is 308 g/mol. The second-order valence-electron chi connectivity index (χ2n) is 6.31. The lowest BCUT2D eigenvalue weighted by Crippen LogP contribution is -2.53. The van der Waals surface area contributed by atoms with Gasteiger partial charge < -0.3 is 20.3 Å². The molecule has 1 atom stereocenters. The molecule has 24 heavy (non-hydrogen) atoms. The van der Waals surface area contributed by atoms with Crippen LogP contribution in [0.15, 0.2) is 24.5 Å². The second kappa shape index (κ2) is 9.22. The highest BCUT2D eigenvalue weighted by Crippen LogP contribution is 2.07. The maximum atomic E-state index is 12.5. The molecule has 2 heterocycles. The van der Waals surface area contributed by atoms with Gasteiger partial charge in [0, 0.05) is 32.0 Å². The Kier molecular flexibility index (Phi) is 6.99. The van der Waals surface area contributed by atoms with E-state index in [4.69, 9.17) is 4.74 Å². The van der Waals surface area contributed by atoms with Crippen molar-refractivity contribution in [2.75, 3.05) is 26.3 Å². The van der Waals surface area contributed by atoms with Gasteiger partial charge in [-0.25, -0.2) is 4.79 Å². The van der Waals surface area contributed by atoms with Gasteiger partial charge in [0.05, 0.1) is 13.2 Å². The molecule has 1 fully saturated rings. The molecule has 0 spiro atoms. The molecule has 0 bridgehead atoms. The minimum absolute atomic E-state index is 0.172. The maximum absolute atomic E-state index is 12.5. The first-order chi connectivity index (χ1) is 11.6. The Balaban J connectivity index is 1.90. The second-order valence-corrected chi connectivity index (χ2v) is 6.31. The minimum atomic E-state index is -0.544. The summed E-state index contributed by atoms with van der Waals surface area (Å²) in [4.78, 5) is 30.5. The highest BCUT2D eigenvalue weighted by atomic mass is 16.5. The van der Waals surface area contributed by atoms with E-state index in [2.05, 4.69) is 15.6 Å². The molecule has 1 aromatic rings. The first-order valence-electron chi connectivity index (χ1n) is 8.36. The first-order valence-corrected chi connectivity index (χ1v) is 8.36. The largest absolute Gasteiger partial charge is 0.378 e. The van der Waals surface area contributed by atoms with Crippen LogP contribution in [0.1, 0.15) is 25.8 Å². The van der Waals surface area contributed by atoms with Gasteiger partial charge in [-0.05, 0) is 24.0 Å². The van der Waals surface area contributed by atoms with Gasteiger partial charge in [0.15, 0.2) is 0 Å². The topological polar surface area (TPSA) is 83.6 Å². The number of hydrogen-bond donors (Lipinski definition) is 2. The van der Waals surface area contributed by atoms with Crippen LogP contribution < -0.4 is 10.6 Å². The molecule has 0 saturated carbocycles. The zero-order chi connectivity index (χ0) is 17.4. The van der Waals surface area contributed by atoms with E-state index in [1.165, 1.54) is 0 Å². The molecule has 1 aliphatic heterocycles. The number of nitrogens with zero attached hydrogens (tertiary/aromatic N) is 2. The number of hydrogen-bond acceptors (Lipinski definition) is 4. The Labute approximate surface area is 142 Å². The molecule has 0 aliphatic carbocycles. The zero-order valence-corrected chi connectivity index (χ0v) is 14.3. The van der Waals surface area contributed by atoms with Crippen LogP contribution in [0, 0.1) is 5.92 Å². The number of ether oxygens (including phenoxy) is 1. The Morgan fingerprint density at radius 3 is 2.71 bits per heavy atom. The number of carbonyl (C=O) groups excluding carboxylic acids is 2. The smallest absolute Gasteiger partial charge is 0.318 e. The van der Waals surface area contributed by atoms with E-state index in [1.807, 2.05) is 26.0 Å². The normalized spacial score (nSPS) is 15.9. The third-order valence-corrected chi connectivity index (χ3v) is 3.81. The summed E-state index contributed by atoms with van der Waals surface area (Å²) in [5.41, 5.74) is 0.925. The number of aromatic nitrogens is 1. The predicted molar refractivity (Wildman–Crippen MR) is 90.3 cm³/mol. The van der Waals surface area contributed by atoms with Crippen LogP contribution >= 0.6 is 0 Å². The number of rotatable bonds is 6. The SMILES string of the molecule is CC(C)C[C@H](NC(=O)N1CCOCC1)C(=O)NCc1cccnc1. The standard InChI is InChI=1S/C17H26N4O3/c1-13(2)10-15(20-17(23)21-6-8-24-9-7-21)16(22)19-12-14-4-3-5-18-11-14/h3-5,11,13,15H,6-10,12H2,1-2H3,(H,19,22)(H,20,23)/t15-/m0/s1. The van der Waals surface area contributed by atoms with Crippen molar-refractivity contribution in [3.8, 4) is 0 Å². The highest BCUT2D eigenvalue weighted by Gasteiger charge is 2.25. The summed E-state index contributed by atoms with van der Waals surface area (Å²) >= 11 is 0. The van der Waals surface area contributed by atoms with Gasteiger partial charge in [-0.2, -0.15) is 0 Å². The average Bonchev–Trinajstić information content (AvgIpc) is 2.60. The zero-order valence-electron chi connectivity index (χ0n) is 14.3. The van der Waals surface area contributed by atoms with Crippen LogP contribution in [0.3, 0.4) is 0 Å². The summed E-state index contributed by atoms with van der Waals surface area (Å²) in [6.07, 6.45) is 3.99. The summed E-state index contributed by atoms with van der Waals surface area (Å²) in [6.45, 7) is 6.64. The van der Waals surface area contributed by atoms with Gasteiger partial charge in [0.1, 0.15) is 6.04 Å². The molecule has 0 unspecified atom stereocenters. The average molecular weight is 334 g/mol. The Hall–Kier alpha value is -2.15. The molecule has 7 heteroatoms. The van der Waals surface area contributed by atoms with Crippen LogP contribution in [0.4, 0.5) is 4.79 Å². The number of morpholine rings is 1. The number of nitrogens with one attached hydrogen (secondary N) is 2. The van der Waals surface area contributed by atoms with Crippen molar-refractivity contribution < 1.29 is 14.3 Å². The minimum Gasteiger partial charge on any atom is -0.378 e. The molecule has 1 aliphatic rings. The van der Waals surface area contributed by atoms with Crippen LogP contribution in [0.5, 0.6) is 0 Å². The Bertz CT molecular complexity index is 530. The number of pyridine rings is 1. The molecule has 3 amide bonds. The summed E-state index contributed by atoms with van der Waals surface area (Å²) in [5, 5.41) is 5.73. The van der Waals surface area contributed by atoms with Gasteiger partial charge in [0.2, 0.25) is 5.91 Å². The quantitative estimate of drug-likeness (QED) is 0.817. The molecule has 2 rings (SSSR count). The third kappa shape index (κ3) is 5.81. The summed E-state index contributed by atoms with van der Waals surface area (Å²) in [7, 11) is 0. The van der Waals surface area contributed by atoms with E-state index in [9.17, 15) is 9.59 Å². The molecule has 7 nitrogen and oxygen atoms in total. The fourth-order valence-electron chi connectivity index (χ4n) is 2.52. The van der Waals surface area contributed by atoms with E-state index in [1.54, 1.807) is 17.3 Å².